The number of likely N-dealkylation sites (tertiary alicyclic amines) is 1. The maximum absolute atomic E-state index is 15.2. The molecule has 2 heterocycles. The molecule has 0 unspecified atom stereocenters. The Balaban J connectivity index is 1.41. The van der Waals surface area contributed by atoms with E-state index in [2.05, 4.69) is 5.43 Å². The van der Waals surface area contributed by atoms with Gasteiger partial charge in [0, 0.05) is 24.4 Å². The van der Waals surface area contributed by atoms with E-state index in [1.165, 1.54) is 18.1 Å². The maximum Gasteiger partial charge on any atom is 0.303 e. The fourth-order valence-electron chi connectivity index (χ4n) is 8.66. The van der Waals surface area contributed by atoms with E-state index in [4.69, 9.17) is 9.84 Å². The number of benzene rings is 3. The molecule has 0 aromatic heterocycles. The lowest BCUT2D eigenvalue weighted by Crippen LogP contribution is -2.53. The standard InChI is InChI=1S/C38H37N3O8/c1-21-10-12-23(13-11-21)39-41-35(46)29-20-27-25(15-16-26-32(27)36(47)40(34(26)45)18-6-9-31(43)44)33(28-19-24(49-2)14-17-30(28)42)38(29,37(41)48)22-7-4-3-5-8-22/h3-5,7-8,10-15,17,19,26-27,29,32-33,39,42H,6,9,16,18,20H2,1-2H3,(H,43,44)/t26-,27+,29-,32-,33+,38+/m0/s1. The lowest BCUT2D eigenvalue weighted by atomic mass is 9.49. The van der Waals surface area contributed by atoms with Gasteiger partial charge in [0.05, 0.1) is 36.0 Å². The van der Waals surface area contributed by atoms with Gasteiger partial charge in [0.25, 0.3) is 11.8 Å². The van der Waals surface area contributed by atoms with Crippen LogP contribution in [0.2, 0.25) is 0 Å². The Morgan fingerprint density at radius 1 is 0.959 bits per heavy atom. The van der Waals surface area contributed by atoms with E-state index < -0.39 is 58.7 Å². The van der Waals surface area contributed by atoms with E-state index in [1.54, 1.807) is 24.3 Å². The second-order valence-electron chi connectivity index (χ2n) is 13.3. The number of hydrogen-bond acceptors (Lipinski definition) is 8. The third kappa shape index (κ3) is 4.98. The number of carbonyl (C=O) groups excluding carboxylic acids is 4. The molecule has 6 atom stereocenters. The summed E-state index contributed by atoms with van der Waals surface area (Å²) in [6.07, 6.45) is 2.20. The van der Waals surface area contributed by atoms with Crippen LogP contribution in [0, 0.1) is 30.6 Å². The van der Waals surface area contributed by atoms with Crippen molar-refractivity contribution < 1.29 is 38.9 Å². The summed E-state index contributed by atoms with van der Waals surface area (Å²) in [6.45, 7) is 1.92. The Bertz CT molecular complexity index is 1890. The summed E-state index contributed by atoms with van der Waals surface area (Å²) in [6, 6.07) is 21.2. The number of amides is 4. The van der Waals surface area contributed by atoms with Gasteiger partial charge in [-0.25, -0.2) is 0 Å². The number of carbonyl (C=O) groups is 5. The van der Waals surface area contributed by atoms with Crippen molar-refractivity contribution in [3.63, 3.8) is 0 Å². The number of aryl methyl sites for hydroxylation is 1. The van der Waals surface area contributed by atoms with Crippen LogP contribution in [-0.2, 0) is 29.4 Å². The van der Waals surface area contributed by atoms with E-state index in [0.717, 1.165) is 10.6 Å². The van der Waals surface area contributed by atoms with Crippen LogP contribution in [0.25, 0.3) is 0 Å². The van der Waals surface area contributed by atoms with Crippen LogP contribution in [0.4, 0.5) is 5.69 Å². The number of rotatable bonds is 9. The number of nitrogens with zero attached hydrogens (tertiary/aromatic N) is 2. The molecule has 3 aromatic rings. The average Bonchev–Trinajstić information content (AvgIpc) is 3.47. The zero-order valence-corrected chi connectivity index (χ0v) is 27.2. The summed E-state index contributed by atoms with van der Waals surface area (Å²) in [5.74, 6) is -6.36. The molecular formula is C38H37N3O8. The van der Waals surface area contributed by atoms with Gasteiger partial charge in [-0.1, -0.05) is 59.7 Å². The fourth-order valence-corrected chi connectivity index (χ4v) is 8.66. The molecule has 11 heteroatoms. The van der Waals surface area contributed by atoms with Gasteiger partial charge in [-0.2, -0.15) is 5.01 Å². The van der Waals surface area contributed by atoms with Crippen LogP contribution in [-0.4, -0.2) is 63.4 Å². The van der Waals surface area contributed by atoms with Crippen LogP contribution in [0.1, 0.15) is 48.3 Å². The number of carboxylic acids is 1. The molecule has 0 radical (unpaired) electrons. The van der Waals surface area contributed by atoms with Gasteiger partial charge < -0.3 is 14.9 Å². The van der Waals surface area contributed by atoms with Crippen molar-refractivity contribution in [2.45, 2.75) is 43.9 Å². The number of hydrogen-bond donors (Lipinski definition) is 3. The van der Waals surface area contributed by atoms with Crippen LogP contribution < -0.4 is 10.2 Å². The summed E-state index contributed by atoms with van der Waals surface area (Å²) in [5, 5.41) is 21.7. The Morgan fingerprint density at radius 3 is 2.39 bits per heavy atom. The molecule has 2 aliphatic heterocycles. The Kier molecular flexibility index (Phi) is 8.01. The molecule has 2 aliphatic carbocycles. The first-order chi connectivity index (χ1) is 23.6. The van der Waals surface area contributed by atoms with Crippen molar-refractivity contribution in [1.82, 2.24) is 9.91 Å². The number of phenols is 1. The van der Waals surface area contributed by atoms with Gasteiger partial charge in [-0.15, -0.1) is 0 Å². The molecule has 0 spiro atoms. The number of nitrogens with one attached hydrogen (secondary N) is 1. The molecule has 1 saturated carbocycles. The van der Waals surface area contributed by atoms with Gasteiger partial charge in [0.1, 0.15) is 11.5 Å². The van der Waals surface area contributed by atoms with E-state index in [-0.39, 0.29) is 43.9 Å². The number of imide groups is 2. The van der Waals surface area contributed by atoms with Crippen LogP contribution in [0.3, 0.4) is 0 Å². The molecule has 4 amide bonds. The summed E-state index contributed by atoms with van der Waals surface area (Å²) in [7, 11) is 1.50. The second-order valence-corrected chi connectivity index (χ2v) is 13.3. The highest BCUT2D eigenvalue weighted by Crippen LogP contribution is 2.65. The number of anilines is 1. The molecule has 7 rings (SSSR count). The lowest BCUT2D eigenvalue weighted by Gasteiger charge is -2.50. The summed E-state index contributed by atoms with van der Waals surface area (Å²) >= 11 is 0. The van der Waals surface area contributed by atoms with Gasteiger partial charge in [0.15, 0.2) is 0 Å². The first kappa shape index (κ1) is 32.1. The molecule has 3 N–H and O–H groups in total. The second kappa shape index (κ2) is 12.2. The van der Waals surface area contributed by atoms with Crippen molar-refractivity contribution in [3.05, 3.63) is 101 Å². The molecule has 252 valence electrons. The van der Waals surface area contributed by atoms with Gasteiger partial charge in [-0.3, -0.25) is 34.3 Å². The van der Waals surface area contributed by atoms with Crippen molar-refractivity contribution in [2.24, 2.45) is 23.7 Å². The monoisotopic (exact) mass is 663 g/mol. The smallest absolute Gasteiger partial charge is 0.303 e. The van der Waals surface area contributed by atoms with Crippen molar-refractivity contribution in [2.75, 3.05) is 19.1 Å². The molecule has 3 fully saturated rings. The zero-order chi connectivity index (χ0) is 34.6. The predicted molar refractivity (Wildman–Crippen MR) is 177 cm³/mol. The minimum absolute atomic E-state index is 0.0117. The molecule has 4 aliphatic rings. The SMILES string of the molecule is COc1ccc(O)c([C@H]2C3=CC[C@@H]4C(=O)N(CCCC(=O)O)C(=O)[C@@H]4[C@@H]3C[C@H]3C(=O)N(Nc4ccc(C)cc4)C(=O)[C@@]23c2ccccc2)c1. The minimum atomic E-state index is -1.53. The Hall–Kier alpha value is -5.45. The summed E-state index contributed by atoms with van der Waals surface area (Å²) < 4.78 is 5.56. The van der Waals surface area contributed by atoms with E-state index >= 15 is 4.79 Å². The molecule has 49 heavy (non-hydrogen) atoms. The third-order valence-corrected chi connectivity index (χ3v) is 10.8. The topological polar surface area (TPSA) is 154 Å². The highest BCUT2D eigenvalue weighted by Gasteiger charge is 2.70. The molecule has 11 nitrogen and oxygen atoms in total. The molecule has 0 bridgehead atoms. The van der Waals surface area contributed by atoms with Crippen LogP contribution in [0.5, 0.6) is 11.5 Å². The normalized spacial score (nSPS) is 27.4. The summed E-state index contributed by atoms with van der Waals surface area (Å²) in [5.41, 5.74) is 4.75. The number of carboxylic acid groups (broad SMARTS) is 1. The van der Waals surface area contributed by atoms with E-state index in [0.29, 0.717) is 28.1 Å². The average molecular weight is 664 g/mol. The Morgan fingerprint density at radius 2 is 1.69 bits per heavy atom. The fraction of sp³-hybridized carbons (Fsp3) is 0.342. The molecule has 3 aromatic carbocycles. The summed E-state index contributed by atoms with van der Waals surface area (Å²) in [4.78, 5) is 69.9. The number of aromatic hydroxyl groups is 1. The van der Waals surface area contributed by atoms with Crippen molar-refractivity contribution in [3.8, 4) is 11.5 Å². The number of hydrazine groups is 1. The molecule has 2 saturated heterocycles. The number of fused-ring (bicyclic) bond motifs is 4. The number of aliphatic carboxylic acids is 1. The minimum Gasteiger partial charge on any atom is -0.508 e. The number of ether oxygens (including phenoxy) is 1. The van der Waals surface area contributed by atoms with Gasteiger partial charge >= 0.3 is 5.97 Å². The highest BCUT2D eigenvalue weighted by atomic mass is 16.5. The highest BCUT2D eigenvalue weighted by molar-refractivity contribution is 6.13. The Labute approximate surface area is 283 Å². The van der Waals surface area contributed by atoms with E-state index in [9.17, 15) is 24.3 Å². The lowest BCUT2D eigenvalue weighted by molar-refractivity contribution is -0.142. The zero-order valence-electron chi connectivity index (χ0n) is 27.2. The number of phenolic OH excluding ortho intramolecular Hbond substituents is 1. The van der Waals surface area contributed by atoms with Crippen molar-refractivity contribution in [1.29, 1.82) is 0 Å². The largest absolute Gasteiger partial charge is 0.508 e. The predicted octanol–water partition coefficient (Wildman–Crippen LogP) is 4.56. The quantitative estimate of drug-likeness (QED) is 0.221. The molecular weight excluding hydrogens is 626 g/mol. The maximum atomic E-state index is 15.2. The van der Waals surface area contributed by atoms with Crippen LogP contribution >= 0.6 is 0 Å². The first-order valence-electron chi connectivity index (χ1n) is 16.5. The van der Waals surface area contributed by atoms with Crippen molar-refractivity contribution >= 4 is 35.3 Å². The van der Waals surface area contributed by atoms with Crippen LogP contribution in [0.15, 0.2) is 84.4 Å². The number of allylic oxidation sites excluding steroid dienone is 2. The van der Waals surface area contributed by atoms with E-state index in [1.807, 2.05) is 55.5 Å². The number of methoxy groups -OCH3 is 1. The van der Waals surface area contributed by atoms with Gasteiger partial charge in [0.2, 0.25) is 11.8 Å². The first-order valence-corrected chi connectivity index (χ1v) is 16.5. The van der Waals surface area contributed by atoms with Gasteiger partial charge in [-0.05, 0) is 68.0 Å². The third-order valence-electron chi connectivity index (χ3n) is 10.8.